The minimum absolute atomic E-state index is 0.229. The van der Waals surface area contributed by atoms with E-state index < -0.39 is 0 Å². The van der Waals surface area contributed by atoms with E-state index in [1.165, 1.54) is 6.33 Å². The smallest absolute Gasteiger partial charge is 0.147 e. The Labute approximate surface area is 207 Å². The van der Waals surface area contributed by atoms with Crippen molar-refractivity contribution in [2.75, 3.05) is 17.7 Å². The van der Waals surface area contributed by atoms with Crippen LogP contribution in [-0.4, -0.2) is 21.6 Å². The zero-order valence-corrected chi connectivity index (χ0v) is 20.5. The van der Waals surface area contributed by atoms with E-state index in [4.69, 9.17) is 10.5 Å². The quantitative estimate of drug-likeness (QED) is 0.289. The van der Waals surface area contributed by atoms with E-state index >= 15 is 0 Å². The predicted molar refractivity (Wildman–Crippen MR) is 141 cm³/mol. The highest BCUT2D eigenvalue weighted by Gasteiger charge is 2.18. The maximum atomic E-state index is 9.91. The van der Waals surface area contributed by atoms with Gasteiger partial charge >= 0.3 is 0 Å². The number of aromatic nitrogens is 3. The molecule has 0 saturated heterocycles. The Kier molecular flexibility index (Phi) is 5.85. The van der Waals surface area contributed by atoms with Gasteiger partial charge in [0, 0.05) is 24.8 Å². The van der Waals surface area contributed by atoms with Crippen molar-refractivity contribution >= 4 is 38.9 Å². The van der Waals surface area contributed by atoms with Crippen LogP contribution in [0.2, 0.25) is 0 Å². The second-order valence-corrected chi connectivity index (χ2v) is 9.33. The van der Waals surface area contributed by atoms with E-state index in [9.17, 15) is 5.26 Å². The minimum atomic E-state index is 0.229. The highest BCUT2D eigenvalue weighted by molar-refractivity contribution is 7.14. The molecule has 3 heterocycles. The van der Waals surface area contributed by atoms with Crippen molar-refractivity contribution in [3.05, 3.63) is 78.1 Å². The van der Waals surface area contributed by atoms with E-state index in [2.05, 4.69) is 40.6 Å². The van der Waals surface area contributed by atoms with Crippen LogP contribution in [0.15, 0.2) is 72.5 Å². The number of ether oxygens (including phenoxy) is 1. The Hall–Kier alpha value is -4.35. The Morgan fingerprint density at radius 1 is 1.09 bits per heavy atom. The van der Waals surface area contributed by atoms with Crippen molar-refractivity contribution in [1.29, 1.82) is 5.26 Å². The highest BCUT2D eigenvalue weighted by atomic mass is 32.1. The monoisotopic (exact) mass is 480 g/mol. The Morgan fingerprint density at radius 2 is 1.89 bits per heavy atom. The first kappa shape index (κ1) is 22.4. The molecule has 0 spiro atoms. The zero-order chi connectivity index (χ0) is 24.5. The van der Waals surface area contributed by atoms with Gasteiger partial charge in [-0.2, -0.15) is 5.26 Å². The van der Waals surface area contributed by atoms with Gasteiger partial charge in [0.05, 0.1) is 16.1 Å². The lowest BCUT2D eigenvalue weighted by Crippen LogP contribution is -2.09. The Bertz CT molecular complexity index is 1530. The van der Waals surface area contributed by atoms with E-state index in [1.54, 1.807) is 11.3 Å². The third-order valence-corrected chi connectivity index (χ3v) is 6.85. The molecule has 0 aliphatic rings. The average Bonchev–Trinajstić information content (AvgIpc) is 3.53. The molecule has 5 rings (SSSR count). The predicted octanol–water partition coefficient (Wildman–Crippen LogP) is 6.75. The summed E-state index contributed by atoms with van der Waals surface area (Å²) in [5, 5.41) is 13.8. The lowest BCUT2D eigenvalue weighted by molar-refractivity contribution is 0.481. The van der Waals surface area contributed by atoms with Gasteiger partial charge in [0.25, 0.3) is 0 Å². The normalized spacial score (nSPS) is 11.1. The number of rotatable bonds is 6. The maximum Gasteiger partial charge on any atom is 0.147 e. The van der Waals surface area contributed by atoms with Crippen LogP contribution < -0.4 is 15.4 Å². The summed E-state index contributed by atoms with van der Waals surface area (Å²) in [6, 6.07) is 19.9. The third-order valence-electron chi connectivity index (χ3n) is 5.90. The molecule has 0 saturated carbocycles. The molecule has 0 radical (unpaired) electrons. The van der Waals surface area contributed by atoms with Crippen molar-refractivity contribution in [2.24, 2.45) is 0 Å². The van der Waals surface area contributed by atoms with Crippen LogP contribution in [0, 0.1) is 11.3 Å². The van der Waals surface area contributed by atoms with E-state index in [0.29, 0.717) is 22.9 Å². The van der Waals surface area contributed by atoms with Crippen molar-refractivity contribution in [1.82, 2.24) is 14.5 Å². The van der Waals surface area contributed by atoms with Gasteiger partial charge in [0.2, 0.25) is 0 Å². The molecular formula is C27H24N6OS. The topological polar surface area (TPSA) is 93.0 Å². The fraction of sp³-hybridized carbons (Fsp3) is 0.148. The number of nitrogens with zero attached hydrogens (tertiary/aromatic N) is 5. The number of nitrogens with two attached hydrogens (primary N) is 1. The molecule has 7 nitrogen and oxygen atoms in total. The SMILES string of the molecule is CC(C)n1cc(-c2ccc(Oc3cccc(N(C)c4cccs4)c3C#N)cc2)c2c(N)ncnc21. The Morgan fingerprint density at radius 3 is 2.57 bits per heavy atom. The van der Waals surface area contributed by atoms with Crippen LogP contribution in [0.1, 0.15) is 25.5 Å². The first-order valence-electron chi connectivity index (χ1n) is 11.2. The molecule has 35 heavy (non-hydrogen) atoms. The molecule has 2 N–H and O–H groups in total. The summed E-state index contributed by atoms with van der Waals surface area (Å²) in [7, 11) is 1.95. The van der Waals surface area contributed by atoms with Gasteiger partial charge in [0.15, 0.2) is 0 Å². The van der Waals surface area contributed by atoms with Crippen LogP contribution >= 0.6 is 11.3 Å². The van der Waals surface area contributed by atoms with Crippen LogP contribution in [0.5, 0.6) is 11.5 Å². The standard InChI is InChI=1S/C27H24N6OS/c1-17(2)33-15-21(25-26(29)30-16-31-27(25)33)18-9-11-19(12-10-18)34-23-7-4-6-22(20(23)14-28)32(3)24-8-5-13-35-24/h4-13,15-17H,1-3H3,(H2,29,30,31). The van der Waals surface area contributed by atoms with Gasteiger partial charge in [-0.3, -0.25) is 0 Å². The van der Waals surface area contributed by atoms with Crippen LogP contribution in [0.4, 0.5) is 16.5 Å². The van der Waals surface area contributed by atoms with Crippen molar-refractivity contribution in [2.45, 2.75) is 19.9 Å². The number of nitrogen functional groups attached to an aromatic ring is 1. The molecule has 0 atom stereocenters. The average molecular weight is 481 g/mol. The van der Waals surface area contributed by atoms with Crippen LogP contribution in [0.3, 0.4) is 0 Å². The molecule has 0 fully saturated rings. The summed E-state index contributed by atoms with van der Waals surface area (Å²) >= 11 is 1.62. The lowest BCUT2D eigenvalue weighted by Gasteiger charge is -2.20. The van der Waals surface area contributed by atoms with Crippen LogP contribution in [0.25, 0.3) is 22.2 Å². The number of hydrogen-bond donors (Lipinski definition) is 1. The molecular weight excluding hydrogens is 456 g/mol. The van der Waals surface area contributed by atoms with Gasteiger partial charge in [-0.1, -0.05) is 18.2 Å². The number of anilines is 3. The lowest BCUT2D eigenvalue weighted by atomic mass is 10.1. The fourth-order valence-corrected chi connectivity index (χ4v) is 4.84. The number of benzene rings is 2. The molecule has 0 bridgehead atoms. The molecule has 5 aromatic rings. The molecule has 0 aliphatic carbocycles. The minimum Gasteiger partial charge on any atom is -0.456 e. The summed E-state index contributed by atoms with van der Waals surface area (Å²) in [5.41, 5.74) is 10.3. The van der Waals surface area contributed by atoms with Gasteiger partial charge < -0.3 is 19.9 Å². The van der Waals surface area contributed by atoms with Crippen LogP contribution in [-0.2, 0) is 0 Å². The van der Waals surface area contributed by atoms with E-state index in [1.807, 2.05) is 71.9 Å². The molecule has 0 unspecified atom stereocenters. The number of fused-ring (bicyclic) bond motifs is 1. The molecule has 2 aromatic carbocycles. The van der Waals surface area contributed by atoms with E-state index in [0.717, 1.165) is 32.8 Å². The molecule has 8 heteroatoms. The summed E-state index contributed by atoms with van der Waals surface area (Å²) in [5.74, 6) is 1.60. The zero-order valence-electron chi connectivity index (χ0n) is 19.6. The second-order valence-electron chi connectivity index (χ2n) is 8.40. The van der Waals surface area contributed by atoms with Crippen molar-refractivity contribution in [3.63, 3.8) is 0 Å². The van der Waals surface area contributed by atoms with E-state index in [-0.39, 0.29) is 6.04 Å². The maximum absolute atomic E-state index is 9.91. The first-order valence-corrected chi connectivity index (χ1v) is 12.1. The summed E-state index contributed by atoms with van der Waals surface area (Å²) in [6.07, 6.45) is 3.56. The number of nitriles is 1. The molecule has 0 amide bonds. The van der Waals surface area contributed by atoms with Gasteiger partial charge in [-0.25, -0.2) is 9.97 Å². The fourth-order valence-electron chi connectivity index (χ4n) is 4.13. The summed E-state index contributed by atoms with van der Waals surface area (Å²) < 4.78 is 8.25. The van der Waals surface area contributed by atoms with Gasteiger partial charge in [-0.05, 0) is 61.2 Å². The number of hydrogen-bond acceptors (Lipinski definition) is 7. The second kappa shape index (κ2) is 9.12. The molecule has 174 valence electrons. The summed E-state index contributed by atoms with van der Waals surface area (Å²) in [6.45, 7) is 4.21. The molecule has 0 aliphatic heterocycles. The van der Waals surface area contributed by atoms with Crippen molar-refractivity contribution in [3.8, 4) is 28.7 Å². The largest absolute Gasteiger partial charge is 0.456 e. The highest BCUT2D eigenvalue weighted by Crippen LogP contribution is 2.38. The van der Waals surface area contributed by atoms with Crippen molar-refractivity contribution < 1.29 is 4.74 Å². The Balaban J connectivity index is 1.48. The van der Waals surface area contributed by atoms with Gasteiger partial charge in [-0.15, -0.1) is 11.3 Å². The third kappa shape index (κ3) is 4.07. The number of thiophene rings is 1. The summed E-state index contributed by atoms with van der Waals surface area (Å²) in [4.78, 5) is 10.6. The van der Waals surface area contributed by atoms with Gasteiger partial charge in [0.1, 0.15) is 40.9 Å². The first-order chi connectivity index (χ1) is 17.0. The molecule has 3 aromatic heterocycles.